The Morgan fingerprint density at radius 3 is 2.41 bits per heavy atom. The Hall–Kier alpha value is -3.25. The molecule has 0 aliphatic carbocycles. The van der Waals surface area contributed by atoms with Crippen molar-refractivity contribution in [2.45, 2.75) is 13.8 Å². The molecule has 1 aliphatic heterocycles. The van der Waals surface area contributed by atoms with Crippen LogP contribution in [0.2, 0.25) is 0 Å². The molecule has 0 radical (unpaired) electrons. The lowest BCUT2D eigenvalue weighted by Gasteiger charge is -2.15. The molecule has 1 aromatic heterocycles. The van der Waals surface area contributed by atoms with Crippen molar-refractivity contribution in [2.24, 2.45) is 4.99 Å². The predicted octanol–water partition coefficient (Wildman–Crippen LogP) is 5.73. The third-order valence-electron chi connectivity index (χ3n) is 4.50. The van der Waals surface area contributed by atoms with Gasteiger partial charge in [-0.15, -0.1) is 0 Å². The predicted molar refractivity (Wildman–Crippen MR) is 117 cm³/mol. The molecule has 1 fully saturated rings. The lowest BCUT2D eigenvalue weighted by atomic mass is 10.1. The van der Waals surface area contributed by atoms with Crippen LogP contribution in [-0.4, -0.2) is 16.1 Å². The number of aromatic nitrogens is 1. The van der Waals surface area contributed by atoms with Crippen molar-refractivity contribution in [2.75, 3.05) is 4.90 Å². The highest BCUT2D eigenvalue weighted by Crippen LogP contribution is 2.39. The number of aryl methyl sites for hydroxylation is 1. The third kappa shape index (κ3) is 3.98. The number of nitrogens with zero attached hydrogens (tertiary/aromatic N) is 3. The number of allylic oxidation sites excluding steroid dienone is 1. The van der Waals surface area contributed by atoms with Crippen LogP contribution in [0.25, 0.3) is 5.57 Å². The standard InChI is InChI=1S/C23H18FN3OS/c1-15-7-6-10-20(25-15)26-23-27(19-8-4-3-5-9-19)22(28)21(29-23)16(2)17-11-13-18(24)14-12-17/h3-14H,1-2H3/b21-16-,26-23+. The Morgan fingerprint density at radius 1 is 1.00 bits per heavy atom. The third-order valence-corrected chi connectivity index (χ3v) is 5.64. The fourth-order valence-corrected chi connectivity index (χ4v) is 4.05. The van der Waals surface area contributed by atoms with E-state index in [-0.39, 0.29) is 11.7 Å². The molecule has 0 N–H and O–H groups in total. The van der Waals surface area contributed by atoms with Crippen LogP contribution in [-0.2, 0) is 4.79 Å². The summed E-state index contributed by atoms with van der Waals surface area (Å²) in [6, 6.07) is 21.1. The molecule has 4 nitrogen and oxygen atoms in total. The molecule has 2 aromatic carbocycles. The number of amidine groups is 1. The Morgan fingerprint density at radius 2 is 1.72 bits per heavy atom. The zero-order valence-corrected chi connectivity index (χ0v) is 16.8. The highest BCUT2D eigenvalue weighted by molar-refractivity contribution is 8.19. The summed E-state index contributed by atoms with van der Waals surface area (Å²) in [4.78, 5) is 24.6. The number of thioether (sulfide) groups is 1. The van der Waals surface area contributed by atoms with Crippen LogP contribution in [0.3, 0.4) is 0 Å². The van der Waals surface area contributed by atoms with Gasteiger partial charge >= 0.3 is 0 Å². The van der Waals surface area contributed by atoms with Crippen molar-refractivity contribution in [3.63, 3.8) is 0 Å². The zero-order valence-electron chi connectivity index (χ0n) is 16.0. The minimum atomic E-state index is -0.310. The van der Waals surface area contributed by atoms with Crippen molar-refractivity contribution < 1.29 is 9.18 Å². The maximum Gasteiger partial charge on any atom is 0.271 e. The number of aliphatic imine (C=N–C) groups is 1. The van der Waals surface area contributed by atoms with Gasteiger partial charge in [0, 0.05) is 5.69 Å². The van der Waals surface area contributed by atoms with Gasteiger partial charge < -0.3 is 0 Å². The molecule has 29 heavy (non-hydrogen) atoms. The largest absolute Gasteiger partial charge is 0.271 e. The summed E-state index contributed by atoms with van der Waals surface area (Å²) in [6.45, 7) is 3.76. The van der Waals surface area contributed by atoms with Gasteiger partial charge in [0.15, 0.2) is 11.0 Å². The maximum atomic E-state index is 13.3. The highest BCUT2D eigenvalue weighted by atomic mass is 32.2. The summed E-state index contributed by atoms with van der Waals surface area (Å²) in [5.74, 6) is 0.0759. The van der Waals surface area contributed by atoms with E-state index in [0.29, 0.717) is 15.9 Å². The number of carbonyl (C=O) groups is 1. The summed E-state index contributed by atoms with van der Waals surface area (Å²) in [5, 5.41) is 0.538. The molecule has 0 saturated carbocycles. The minimum absolute atomic E-state index is 0.158. The normalized spacial score (nSPS) is 17.1. The quantitative estimate of drug-likeness (QED) is 0.525. The number of rotatable bonds is 3. The number of hydrogen-bond donors (Lipinski definition) is 0. The second kappa shape index (κ2) is 8.01. The van der Waals surface area contributed by atoms with Gasteiger partial charge in [0.1, 0.15) is 5.82 Å². The molecule has 0 bridgehead atoms. The smallest absolute Gasteiger partial charge is 0.268 e. The molecular weight excluding hydrogens is 385 g/mol. The topological polar surface area (TPSA) is 45.6 Å². The van der Waals surface area contributed by atoms with Crippen LogP contribution in [0.15, 0.2) is 82.7 Å². The molecule has 2 heterocycles. The molecule has 6 heteroatoms. The molecule has 0 spiro atoms. The molecule has 3 aromatic rings. The van der Waals surface area contributed by atoms with Crippen LogP contribution >= 0.6 is 11.8 Å². The van der Waals surface area contributed by atoms with Gasteiger partial charge in [-0.1, -0.05) is 36.4 Å². The zero-order chi connectivity index (χ0) is 20.4. The average Bonchev–Trinajstić information content (AvgIpc) is 3.04. The van der Waals surface area contributed by atoms with E-state index in [4.69, 9.17) is 0 Å². The number of hydrogen-bond acceptors (Lipinski definition) is 4. The molecule has 1 aliphatic rings. The molecule has 144 valence electrons. The highest BCUT2D eigenvalue weighted by Gasteiger charge is 2.36. The van der Waals surface area contributed by atoms with Crippen molar-refractivity contribution in [3.05, 3.63) is 94.8 Å². The lowest BCUT2D eigenvalue weighted by molar-refractivity contribution is -0.113. The number of carbonyl (C=O) groups excluding carboxylic acids is 1. The number of amides is 1. The minimum Gasteiger partial charge on any atom is -0.268 e. The molecule has 0 unspecified atom stereocenters. The number of pyridine rings is 1. The van der Waals surface area contributed by atoms with Gasteiger partial charge in [0.25, 0.3) is 5.91 Å². The summed E-state index contributed by atoms with van der Waals surface area (Å²) >= 11 is 1.30. The first-order chi connectivity index (χ1) is 14.0. The first-order valence-electron chi connectivity index (χ1n) is 9.09. The SMILES string of the molecule is C/C(=C1/S/C(=N/c2cccc(C)n2)N(c2ccccc2)C1=O)c1ccc(F)cc1. The van der Waals surface area contributed by atoms with E-state index in [9.17, 15) is 9.18 Å². The van der Waals surface area contributed by atoms with Crippen LogP contribution < -0.4 is 4.90 Å². The number of benzene rings is 2. The van der Waals surface area contributed by atoms with Crippen LogP contribution in [0, 0.1) is 12.7 Å². The summed E-state index contributed by atoms with van der Waals surface area (Å²) in [7, 11) is 0. The van der Waals surface area contributed by atoms with Crippen molar-refractivity contribution in [3.8, 4) is 0 Å². The first-order valence-corrected chi connectivity index (χ1v) is 9.91. The van der Waals surface area contributed by atoms with E-state index in [1.807, 2.05) is 62.4 Å². The van der Waals surface area contributed by atoms with Gasteiger partial charge in [-0.3, -0.25) is 9.69 Å². The molecule has 4 rings (SSSR count). The van der Waals surface area contributed by atoms with E-state index in [2.05, 4.69) is 9.98 Å². The van der Waals surface area contributed by atoms with E-state index >= 15 is 0 Å². The first kappa shape index (κ1) is 19.1. The molecule has 1 saturated heterocycles. The van der Waals surface area contributed by atoms with Crippen molar-refractivity contribution >= 4 is 39.9 Å². The van der Waals surface area contributed by atoms with Gasteiger partial charge in [0.2, 0.25) is 0 Å². The lowest BCUT2D eigenvalue weighted by Crippen LogP contribution is -2.28. The molecular formula is C23H18FN3OS. The van der Waals surface area contributed by atoms with E-state index in [0.717, 1.165) is 22.5 Å². The number of halogens is 1. The van der Waals surface area contributed by atoms with Crippen LogP contribution in [0.4, 0.5) is 15.9 Å². The van der Waals surface area contributed by atoms with Crippen molar-refractivity contribution in [1.82, 2.24) is 4.98 Å². The Labute approximate surface area is 172 Å². The number of para-hydroxylation sites is 1. The second-order valence-electron chi connectivity index (χ2n) is 6.57. The number of anilines is 1. The molecule has 0 atom stereocenters. The average molecular weight is 403 g/mol. The van der Waals surface area contributed by atoms with Crippen LogP contribution in [0.1, 0.15) is 18.2 Å². The Bertz CT molecular complexity index is 1120. The summed E-state index contributed by atoms with van der Waals surface area (Å²) < 4.78 is 13.3. The van der Waals surface area contributed by atoms with Gasteiger partial charge in [0.05, 0.1) is 10.6 Å². The summed E-state index contributed by atoms with van der Waals surface area (Å²) in [5.41, 5.74) is 3.16. The van der Waals surface area contributed by atoms with E-state index < -0.39 is 0 Å². The molecule has 1 amide bonds. The van der Waals surface area contributed by atoms with Gasteiger partial charge in [-0.05, 0) is 73.1 Å². The maximum absolute atomic E-state index is 13.3. The monoisotopic (exact) mass is 403 g/mol. The second-order valence-corrected chi connectivity index (χ2v) is 7.55. The van der Waals surface area contributed by atoms with Gasteiger partial charge in [-0.25, -0.2) is 14.4 Å². The Kier molecular flexibility index (Phi) is 5.27. The fourth-order valence-electron chi connectivity index (χ4n) is 3.00. The van der Waals surface area contributed by atoms with E-state index in [1.165, 1.54) is 23.9 Å². The summed E-state index contributed by atoms with van der Waals surface area (Å²) in [6.07, 6.45) is 0. The van der Waals surface area contributed by atoms with Crippen LogP contribution in [0.5, 0.6) is 0 Å². The van der Waals surface area contributed by atoms with Crippen molar-refractivity contribution in [1.29, 1.82) is 0 Å². The van der Waals surface area contributed by atoms with E-state index in [1.54, 1.807) is 17.0 Å². The Balaban J connectivity index is 1.82. The fraction of sp³-hybridized carbons (Fsp3) is 0.0870. The van der Waals surface area contributed by atoms with Gasteiger partial charge in [-0.2, -0.15) is 0 Å².